The molecular weight excluding hydrogens is 424 g/mol. The standard InChI is InChI=1S/C22H19F2N3O3S/c1-16-6-12-19(13-7-16)31(29,30)27(21-5-3-2-4-20(21)24)15-22(28)26-25-14-17-8-10-18(23)11-9-17/h2-14H,15H2,1H3,(H,26,28)/b25-14+. The Bertz CT molecular complexity index is 1200. The van der Waals surface area contributed by atoms with Crippen LogP contribution in [0.5, 0.6) is 0 Å². The molecule has 1 N–H and O–H groups in total. The van der Waals surface area contributed by atoms with E-state index >= 15 is 0 Å². The molecular formula is C22H19F2N3O3S. The Kier molecular flexibility index (Phi) is 6.76. The summed E-state index contributed by atoms with van der Waals surface area (Å²) >= 11 is 0. The summed E-state index contributed by atoms with van der Waals surface area (Å²) in [5.41, 5.74) is 3.32. The van der Waals surface area contributed by atoms with Crippen molar-refractivity contribution in [2.75, 3.05) is 10.8 Å². The summed E-state index contributed by atoms with van der Waals surface area (Å²) in [6.07, 6.45) is 1.28. The molecule has 9 heteroatoms. The van der Waals surface area contributed by atoms with Crippen LogP contribution in [0.3, 0.4) is 0 Å². The van der Waals surface area contributed by atoms with Crippen molar-refractivity contribution in [1.82, 2.24) is 5.43 Å². The summed E-state index contributed by atoms with van der Waals surface area (Å²) in [7, 11) is -4.23. The Morgan fingerprint density at radius 2 is 1.65 bits per heavy atom. The monoisotopic (exact) mass is 443 g/mol. The molecule has 0 atom stereocenters. The van der Waals surface area contributed by atoms with E-state index in [1.54, 1.807) is 19.1 Å². The lowest BCUT2D eigenvalue weighted by Crippen LogP contribution is -2.40. The summed E-state index contributed by atoms with van der Waals surface area (Å²) in [5.74, 6) is -1.99. The molecule has 31 heavy (non-hydrogen) atoms. The number of para-hydroxylation sites is 1. The van der Waals surface area contributed by atoms with Gasteiger partial charge in [-0.1, -0.05) is 42.0 Å². The average Bonchev–Trinajstić information content (AvgIpc) is 2.74. The summed E-state index contributed by atoms with van der Waals surface area (Å²) in [4.78, 5) is 12.3. The largest absolute Gasteiger partial charge is 0.271 e. The maximum absolute atomic E-state index is 14.4. The van der Waals surface area contributed by atoms with E-state index in [9.17, 15) is 22.0 Å². The number of carbonyl (C=O) groups excluding carboxylic acids is 1. The van der Waals surface area contributed by atoms with Gasteiger partial charge in [-0.25, -0.2) is 22.6 Å². The zero-order valence-electron chi connectivity index (χ0n) is 16.5. The fourth-order valence-corrected chi connectivity index (χ4v) is 4.11. The fraction of sp³-hybridized carbons (Fsp3) is 0.0909. The van der Waals surface area contributed by atoms with E-state index in [0.717, 1.165) is 11.6 Å². The van der Waals surface area contributed by atoms with Gasteiger partial charge >= 0.3 is 0 Å². The van der Waals surface area contributed by atoms with Crippen molar-refractivity contribution in [3.05, 3.63) is 95.6 Å². The number of anilines is 1. The molecule has 0 bridgehead atoms. The number of hydrogen-bond donors (Lipinski definition) is 1. The number of hydrogen-bond acceptors (Lipinski definition) is 4. The first-order chi connectivity index (χ1) is 14.8. The topological polar surface area (TPSA) is 78.8 Å². The van der Waals surface area contributed by atoms with Crippen molar-refractivity contribution >= 4 is 27.8 Å². The third-order valence-electron chi connectivity index (χ3n) is 4.29. The zero-order valence-corrected chi connectivity index (χ0v) is 17.3. The smallest absolute Gasteiger partial charge is 0.264 e. The minimum Gasteiger partial charge on any atom is -0.271 e. The number of rotatable bonds is 7. The molecule has 0 aliphatic rings. The number of nitrogens with one attached hydrogen (secondary N) is 1. The van der Waals surface area contributed by atoms with Crippen LogP contribution in [0.1, 0.15) is 11.1 Å². The number of hydrazone groups is 1. The molecule has 160 valence electrons. The van der Waals surface area contributed by atoms with Gasteiger partial charge in [0.25, 0.3) is 15.9 Å². The summed E-state index contributed by atoms with van der Waals surface area (Å²) < 4.78 is 54.4. The molecule has 6 nitrogen and oxygen atoms in total. The van der Waals surface area contributed by atoms with Gasteiger partial charge in [0, 0.05) is 0 Å². The molecule has 0 aliphatic heterocycles. The highest BCUT2D eigenvalue weighted by Crippen LogP contribution is 2.26. The molecule has 0 aliphatic carbocycles. The predicted molar refractivity (Wildman–Crippen MR) is 114 cm³/mol. The molecule has 0 saturated carbocycles. The number of halogens is 2. The van der Waals surface area contributed by atoms with Gasteiger partial charge in [-0.05, 0) is 48.9 Å². The van der Waals surface area contributed by atoms with E-state index in [2.05, 4.69) is 10.5 Å². The number of carbonyl (C=O) groups is 1. The second-order valence-electron chi connectivity index (χ2n) is 6.62. The van der Waals surface area contributed by atoms with Crippen molar-refractivity contribution in [2.24, 2.45) is 5.10 Å². The number of nitrogens with zero attached hydrogens (tertiary/aromatic N) is 2. The third-order valence-corrected chi connectivity index (χ3v) is 6.06. The Hall–Kier alpha value is -3.59. The van der Waals surface area contributed by atoms with Crippen LogP contribution >= 0.6 is 0 Å². The van der Waals surface area contributed by atoms with E-state index in [-0.39, 0.29) is 10.6 Å². The quantitative estimate of drug-likeness (QED) is 0.448. The minimum absolute atomic E-state index is 0.0797. The summed E-state index contributed by atoms with van der Waals surface area (Å²) in [6.45, 7) is 1.11. The second kappa shape index (κ2) is 9.48. The van der Waals surface area contributed by atoms with E-state index in [1.807, 2.05) is 0 Å². The van der Waals surface area contributed by atoms with E-state index in [1.165, 1.54) is 60.8 Å². The Morgan fingerprint density at radius 3 is 2.29 bits per heavy atom. The van der Waals surface area contributed by atoms with Crippen molar-refractivity contribution in [2.45, 2.75) is 11.8 Å². The second-order valence-corrected chi connectivity index (χ2v) is 8.48. The highest BCUT2D eigenvalue weighted by atomic mass is 32.2. The van der Waals surface area contributed by atoms with E-state index < -0.39 is 34.1 Å². The van der Waals surface area contributed by atoms with Gasteiger partial charge in [0.2, 0.25) is 0 Å². The lowest BCUT2D eigenvalue weighted by atomic mass is 10.2. The number of aryl methyl sites for hydroxylation is 1. The molecule has 0 unspecified atom stereocenters. The van der Waals surface area contributed by atoms with Gasteiger partial charge in [0.1, 0.15) is 18.2 Å². The van der Waals surface area contributed by atoms with Crippen molar-refractivity contribution in [3.8, 4) is 0 Å². The van der Waals surface area contributed by atoms with Crippen LogP contribution in [0.4, 0.5) is 14.5 Å². The molecule has 0 spiro atoms. The molecule has 0 radical (unpaired) electrons. The third kappa shape index (κ3) is 5.52. The Balaban J connectivity index is 1.85. The maximum atomic E-state index is 14.4. The highest BCUT2D eigenvalue weighted by Gasteiger charge is 2.29. The van der Waals surface area contributed by atoms with Crippen molar-refractivity contribution < 1.29 is 22.0 Å². The van der Waals surface area contributed by atoms with E-state index in [0.29, 0.717) is 9.87 Å². The van der Waals surface area contributed by atoms with Gasteiger partial charge in [0.05, 0.1) is 16.8 Å². The average molecular weight is 443 g/mol. The molecule has 1 amide bonds. The Labute approximate surface area is 178 Å². The first-order valence-corrected chi connectivity index (χ1v) is 10.6. The summed E-state index contributed by atoms with van der Waals surface area (Å²) in [6, 6.07) is 16.7. The molecule has 0 saturated heterocycles. The normalized spacial score (nSPS) is 11.5. The van der Waals surface area contributed by atoms with Gasteiger partial charge in [-0.15, -0.1) is 0 Å². The van der Waals surface area contributed by atoms with Crippen LogP contribution in [-0.2, 0) is 14.8 Å². The lowest BCUT2D eigenvalue weighted by molar-refractivity contribution is -0.119. The molecule has 3 aromatic carbocycles. The van der Waals surface area contributed by atoms with E-state index in [4.69, 9.17) is 0 Å². The molecule has 0 fully saturated rings. The highest BCUT2D eigenvalue weighted by molar-refractivity contribution is 7.92. The molecule has 0 aromatic heterocycles. The molecule has 3 rings (SSSR count). The van der Waals surface area contributed by atoms with Gasteiger partial charge in [-0.3, -0.25) is 9.10 Å². The predicted octanol–water partition coefficient (Wildman–Crippen LogP) is 3.62. The lowest BCUT2D eigenvalue weighted by Gasteiger charge is -2.24. The van der Waals surface area contributed by atoms with Crippen molar-refractivity contribution in [3.63, 3.8) is 0 Å². The van der Waals surface area contributed by atoms with Crippen LogP contribution in [0.25, 0.3) is 0 Å². The van der Waals surface area contributed by atoms with Gasteiger partial charge in [0.15, 0.2) is 0 Å². The van der Waals surface area contributed by atoms with Crippen LogP contribution in [0.2, 0.25) is 0 Å². The Morgan fingerprint density at radius 1 is 1.00 bits per heavy atom. The van der Waals surface area contributed by atoms with Crippen molar-refractivity contribution in [1.29, 1.82) is 0 Å². The van der Waals surface area contributed by atoms with Crippen LogP contribution in [-0.4, -0.2) is 27.1 Å². The molecule has 0 heterocycles. The maximum Gasteiger partial charge on any atom is 0.264 e. The number of sulfonamides is 1. The number of amides is 1. The first kappa shape index (κ1) is 22.1. The summed E-state index contributed by atoms with van der Waals surface area (Å²) in [5, 5.41) is 3.74. The van der Waals surface area contributed by atoms with Crippen LogP contribution in [0, 0.1) is 18.6 Å². The minimum atomic E-state index is -4.23. The van der Waals surface area contributed by atoms with Crippen LogP contribution in [0.15, 0.2) is 82.8 Å². The van der Waals surface area contributed by atoms with Gasteiger partial charge in [-0.2, -0.15) is 5.10 Å². The molecule has 3 aromatic rings. The zero-order chi connectivity index (χ0) is 22.4. The van der Waals surface area contributed by atoms with Gasteiger partial charge < -0.3 is 0 Å². The van der Waals surface area contributed by atoms with Crippen LogP contribution < -0.4 is 9.73 Å². The number of benzene rings is 3. The fourth-order valence-electron chi connectivity index (χ4n) is 2.68. The SMILES string of the molecule is Cc1ccc(S(=O)(=O)N(CC(=O)N/N=C/c2ccc(F)cc2)c2ccccc2F)cc1. The first-order valence-electron chi connectivity index (χ1n) is 9.19.